The van der Waals surface area contributed by atoms with Crippen molar-refractivity contribution in [1.82, 2.24) is 5.32 Å². The fraction of sp³-hybridized carbons (Fsp3) is 0.455. The molecule has 2 nitrogen and oxygen atoms in total. The molecular weight excluding hydrogens is 198 g/mol. The second-order valence-corrected chi connectivity index (χ2v) is 3.97. The Labute approximate surface area is 89.9 Å². The normalized spacial score (nSPS) is 15.1. The van der Waals surface area contributed by atoms with Crippen molar-refractivity contribution in [3.8, 4) is 0 Å². The van der Waals surface area contributed by atoms with Gasteiger partial charge < -0.3 is 10.4 Å². The highest BCUT2D eigenvalue weighted by Crippen LogP contribution is 2.16. The third kappa shape index (κ3) is 3.66. The van der Waals surface area contributed by atoms with Gasteiger partial charge in [-0.1, -0.05) is 23.7 Å². The Kier molecular flexibility index (Phi) is 4.39. The minimum atomic E-state index is -0.323. The van der Waals surface area contributed by atoms with Crippen LogP contribution in [0.15, 0.2) is 24.3 Å². The highest BCUT2D eigenvalue weighted by molar-refractivity contribution is 6.30. The molecule has 2 atom stereocenters. The fourth-order valence-electron chi connectivity index (χ4n) is 1.24. The molecule has 3 heteroatoms. The fourth-order valence-corrected chi connectivity index (χ4v) is 1.44. The summed E-state index contributed by atoms with van der Waals surface area (Å²) in [5.74, 6) is 0. The Morgan fingerprint density at radius 3 is 2.71 bits per heavy atom. The van der Waals surface area contributed by atoms with Crippen molar-refractivity contribution in [3.05, 3.63) is 34.9 Å². The molecule has 0 spiro atoms. The van der Waals surface area contributed by atoms with Crippen molar-refractivity contribution < 1.29 is 5.11 Å². The van der Waals surface area contributed by atoms with Gasteiger partial charge in [0.05, 0.1) is 6.10 Å². The van der Waals surface area contributed by atoms with Gasteiger partial charge in [0.15, 0.2) is 0 Å². The number of hydrogen-bond acceptors (Lipinski definition) is 2. The van der Waals surface area contributed by atoms with Gasteiger partial charge in [-0.15, -0.1) is 0 Å². The van der Waals surface area contributed by atoms with Gasteiger partial charge in [-0.3, -0.25) is 0 Å². The summed E-state index contributed by atoms with van der Waals surface area (Å²) >= 11 is 5.87. The van der Waals surface area contributed by atoms with Crippen molar-refractivity contribution in [2.45, 2.75) is 26.0 Å². The maximum absolute atomic E-state index is 9.11. The molecule has 0 bridgehead atoms. The van der Waals surface area contributed by atoms with Crippen molar-refractivity contribution in [2.24, 2.45) is 0 Å². The summed E-state index contributed by atoms with van der Waals surface area (Å²) in [6.07, 6.45) is -0.323. The number of rotatable bonds is 4. The molecule has 0 fully saturated rings. The second kappa shape index (κ2) is 5.35. The molecule has 1 aromatic carbocycles. The maximum atomic E-state index is 9.11. The smallest absolute Gasteiger partial charge is 0.0636 e. The van der Waals surface area contributed by atoms with E-state index in [0.29, 0.717) is 6.54 Å². The van der Waals surface area contributed by atoms with E-state index in [4.69, 9.17) is 16.7 Å². The molecule has 0 aliphatic carbocycles. The first-order valence-electron chi connectivity index (χ1n) is 4.76. The topological polar surface area (TPSA) is 32.3 Å². The van der Waals surface area contributed by atoms with Gasteiger partial charge in [0.1, 0.15) is 0 Å². The van der Waals surface area contributed by atoms with Crippen LogP contribution in [0, 0.1) is 0 Å². The maximum Gasteiger partial charge on any atom is 0.0636 e. The van der Waals surface area contributed by atoms with Crippen LogP contribution in [0.3, 0.4) is 0 Å². The summed E-state index contributed by atoms with van der Waals surface area (Å²) in [5, 5.41) is 13.1. The predicted molar refractivity (Wildman–Crippen MR) is 59.6 cm³/mol. The van der Waals surface area contributed by atoms with Crippen LogP contribution in [-0.2, 0) is 0 Å². The Morgan fingerprint density at radius 2 is 2.14 bits per heavy atom. The largest absolute Gasteiger partial charge is 0.392 e. The predicted octanol–water partition coefficient (Wildman–Crippen LogP) is 2.37. The van der Waals surface area contributed by atoms with Crippen LogP contribution in [0.1, 0.15) is 25.5 Å². The van der Waals surface area contributed by atoms with Gasteiger partial charge in [-0.2, -0.15) is 0 Å². The third-order valence-electron chi connectivity index (χ3n) is 2.07. The first kappa shape index (κ1) is 11.5. The molecule has 1 rings (SSSR count). The van der Waals surface area contributed by atoms with Crippen molar-refractivity contribution in [2.75, 3.05) is 6.54 Å². The molecule has 0 aliphatic heterocycles. The van der Waals surface area contributed by atoms with Crippen LogP contribution >= 0.6 is 11.6 Å². The first-order chi connectivity index (χ1) is 6.59. The summed E-state index contributed by atoms with van der Waals surface area (Å²) in [5.41, 5.74) is 1.14. The standard InChI is InChI=1S/C11H16ClNO/c1-8(14)7-13-9(2)10-4-3-5-11(12)6-10/h3-6,8-9,13-14H,7H2,1-2H3/t8?,9-/m0/s1. The van der Waals surface area contributed by atoms with E-state index in [2.05, 4.69) is 5.32 Å². The van der Waals surface area contributed by atoms with E-state index in [-0.39, 0.29) is 12.1 Å². The first-order valence-corrected chi connectivity index (χ1v) is 5.14. The van der Waals surface area contributed by atoms with Gasteiger partial charge in [0.25, 0.3) is 0 Å². The van der Waals surface area contributed by atoms with E-state index < -0.39 is 0 Å². The quantitative estimate of drug-likeness (QED) is 0.805. The molecule has 0 heterocycles. The molecule has 0 saturated heterocycles. The van der Waals surface area contributed by atoms with E-state index in [1.54, 1.807) is 6.92 Å². The minimum Gasteiger partial charge on any atom is -0.392 e. The highest BCUT2D eigenvalue weighted by atomic mass is 35.5. The third-order valence-corrected chi connectivity index (χ3v) is 2.30. The summed E-state index contributed by atoms with van der Waals surface area (Å²) in [6, 6.07) is 7.95. The van der Waals surface area contributed by atoms with E-state index in [0.717, 1.165) is 10.6 Å². The van der Waals surface area contributed by atoms with Gasteiger partial charge in [0.2, 0.25) is 0 Å². The zero-order valence-electron chi connectivity index (χ0n) is 8.50. The Bertz CT molecular complexity index is 288. The van der Waals surface area contributed by atoms with Gasteiger partial charge in [-0.05, 0) is 31.5 Å². The summed E-state index contributed by atoms with van der Waals surface area (Å²) in [7, 11) is 0. The number of aliphatic hydroxyl groups is 1. The van der Waals surface area contributed by atoms with E-state index in [1.165, 1.54) is 0 Å². The summed E-state index contributed by atoms with van der Waals surface area (Å²) in [6.45, 7) is 4.40. The van der Waals surface area contributed by atoms with E-state index >= 15 is 0 Å². The number of hydrogen-bond donors (Lipinski definition) is 2. The molecule has 14 heavy (non-hydrogen) atoms. The van der Waals surface area contributed by atoms with Crippen molar-refractivity contribution in [1.29, 1.82) is 0 Å². The lowest BCUT2D eigenvalue weighted by Crippen LogP contribution is -2.27. The number of aliphatic hydroxyl groups excluding tert-OH is 1. The molecule has 0 aliphatic rings. The summed E-state index contributed by atoms with van der Waals surface area (Å²) in [4.78, 5) is 0. The molecular formula is C11H16ClNO. The Hall–Kier alpha value is -0.570. The van der Waals surface area contributed by atoms with Crippen molar-refractivity contribution >= 4 is 11.6 Å². The summed E-state index contributed by atoms with van der Waals surface area (Å²) < 4.78 is 0. The Morgan fingerprint density at radius 1 is 1.43 bits per heavy atom. The van der Waals surface area contributed by atoms with Gasteiger partial charge in [0, 0.05) is 17.6 Å². The second-order valence-electron chi connectivity index (χ2n) is 3.53. The molecule has 0 aromatic heterocycles. The number of benzene rings is 1. The lowest BCUT2D eigenvalue weighted by Gasteiger charge is -2.15. The minimum absolute atomic E-state index is 0.211. The average molecular weight is 214 g/mol. The SMILES string of the molecule is CC(O)CN[C@@H](C)c1cccc(Cl)c1. The van der Waals surface area contributed by atoms with E-state index in [9.17, 15) is 0 Å². The molecule has 0 amide bonds. The molecule has 1 unspecified atom stereocenters. The molecule has 0 radical (unpaired) electrons. The molecule has 1 aromatic rings. The van der Waals surface area contributed by atoms with Crippen LogP contribution < -0.4 is 5.32 Å². The molecule has 0 saturated carbocycles. The zero-order valence-corrected chi connectivity index (χ0v) is 9.25. The van der Waals surface area contributed by atoms with Crippen LogP contribution in [-0.4, -0.2) is 17.8 Å². The van der Waals surface area contributed by atoms with Crippen LogP contribution in [0.5, 0.6) is 0 Å². The van der Waals surface area contributed by atoms with Crippen LogP contribution in [0.2, 0.25) is 5.02 Å². The zero-order chi connectivity index (χ0) is 10.6. The monoisotopic (exact) mass is 213 g/mol. The lowest BCUT2D eigenvalue weighted by atomic mass is 10.1. The molecule has 2 N–H and O–H groups in total. The van der Waals surface area contributed by atoms with Gasteiger partial charge in [-0.25, -0.2) is 0 Å². The van der Waals surface area contributed by atoms with Crippen LogP contribution in [0.4, 0.5) is 0 Å². The lowest BCUT2D eigenvalue weighted by molar-refractivity contribution is 0.187. The van der Waals surface area contributed by atoms with Gasteiger partial charge >= 0.3 is 0 Å². The Balaban J connectivity index is 2.56. The van der Waals surface area contributed by atoms with Crippen LogP contribution in [0.25, 0.3) is 0 Å². The number of nitrogens with one attached hydrogen (secondary N) is 1. The highest BCUT2D eigenvalue weighted by Gasteiger charge is 2.05. The average Bonchev–Trinajstić information content (AvgIpc) is 2.14. The number of halogens is 1. The van der Waals surface area contributed by atoms with E-state index in [1.807, 2.05) is 31.2 Å². The molecule has 78 valence electrons. The van der Waals surface area contributed by atoms with Crippen molar-refractivity contribution in [3.63, 3.8) is 0 Å².